The second-order valence-corrected chi connectivity index (χ2v) is 6.65. The standard InChI is InChI=1S/C19H22ClN3O/c20-18-12-16(6-7-17(18)19(21)24)22-15-8-10-23(11-9-15)13-14-4-2-1-3-5-14/h1-7,12,15,22H,8-11,13H2,(H2,21,24). The van der Waals surface area contributed by atoms with Crippen molar-refractivity contribution >= 4 is 23.2 Å². The normalized spacial score (nSPS) is 16.0. The summed E-state index contributed by atoms with van der Waals surface area (Å²) in [7, 11) is 0. The molecule has 0 radical (unpaired) electrons. The molecule has 4 nitrogen and oxygen atoms in total. The van der Waals surface area contributed by atoms with Gasteiger partial charge in [-0.05, 0) is 36.6 Å². The topological polar surface area (TPSA) is 58.4 Å². The Balaban J connectivity index is 1.52. The van der Waals surface area contributed by atoms with Crippen molar-refractivity contribution in [2.75, 3.05) is 18.4 Å². The smallest absolute Gasteiger partial charge is 0.250 e. The number of halogens is 1. The number of amides is 1. The molecule has 3 rings (SSSR count). The highest BCUT2D eigenvalue weighted by atomic mass is 35.5. The molecular weight excluding hydrogens is 322 g/mol. The Morgan fingerprint density at radius 1 is 1.17 bits per heavy atom. The Bertz CT molecular complexity index is 697. The Morgan fingerprint density at radius 2 is 1.88 bits per heavy atom. The third-order valence-corrected chi connectivity index (χ3v) is 4.75. The highest BCUT2D eigenvalue weighted by molar-refractivity contribution is 6.34. The van der Waals surface area contributed by atoms with Crippen LogP contribution in [0.1, 0.15) is 28.8 Å². The summed E-state index contributed by atoms with van der Waals surface area (Å²) in [5.74, 6) is -0.499. The number of nitrogens with one attached hydrogen (secondary N) is 1. The maximum Gasteiger partial charge on any atom is 0.250 e. The van der Waals surface area contributed by atoms with Crippen LogP contribution in [0.5, 0.6) is 0 Å². The number of likely N-dealkylation sites (tertiary alicyclic amines) is 1. The lowest BCUT2D eigenvalue weighted by atomic mass is 10.0. The Labute approximate surface area is 147 Å². The Morgan fingerprint density at radius 3 is 2.50 bits per heavy atom. The van der Waals surface area contributed by atoms with Crippen molar-refractivity contribution in [3.8, 4) is 0 Å². The van der Waals surface area contributed by atoms with E-state index in [0.717, 1.165) is 38.2 Å². The van der Waals surface area contributed by atoms with Crippen molar-refractivity contribution in [2.45, 2.75) is 25.4 Å². The molecule has 0 spiro atoms. The zero-order chi connectivity index (χ0) is 16.9. The third kappa shape index (κ3) is 4.28. The first kappa shape index (κ1) is 16.8. The van der Waals surface area contributed by atoms with Crippen LogP contribution < -0.4 is 11.1 Å². The summed E-state index contributed by atoms with van der Waals surface area (Å²) in [6.45, 7) is 3.14. The van der Waals surface area contributed by atoms with Crippen molar-refractivity contribution in [1.29, 1.82) is 0 Å². The number of benzene rings is 2. The second-order valence-electron chi connectivity index (χ2n) is 6.24. The molecule has 1 aliphatic rings. The van der Waals surface area contributed by atoms with E-state index in [1.807, 2.05) is 12.1 Å². The molecule has 0 bridgehead atoms. The van der Waals surface area contributed by atoms with Gasteiger partial charge in [-0.2, -0.15) is 0 Å². The van der Waals surface area contributed by atoms with Gasteiger partial charge in [0.05, 0.1) is 10.6 Å². The van der Waals surface area contributed by atoms with E-state index in [2.05, 4.69) is 34.5 Å². The molecule has 2 aromatic carbocycles. The first-order valence-corrected chi connectivity index (χ1v) is 8.62. The van der Waals surface area contributed by atoms with Crippen molar-refractivity contribution in [3.05, 3.63) is 64.7 Å². The maximum absolute atomic E-state index is 11.2. The number of piperidine rings is 1. The number of nitrogens with zero attached hydrogens (tertiary/aromatic N) is 1. The Hall–Kier alpha value is -2.04. The molecule has 1 aliphatic heterocycles. The average molecular weight is 344 g/mol. The van der Waals surface area contributed by atoms with Crippen molar-refractivity contribution in [3.63, 3.8) is 0 Å². The molecular formula is C19H22ClN3O. The predicted octanol–water partition coefficient (Wildman–Crippen LogP) is 3.52. The van der Waals surface area contributed by atoms with Gasteiger partial charge in [-0.15, -0.1) is 0 Å². The van der Waals surface area contributed by atoms with Crippen molar-refractivity contribution in [2.24, 2.45) is 5.73 Å². The van der Waals surface area contributed by atoms with E-state index in [1.165, 1.54) is 5.56 Å². The molecule has 2 aromatic rings. The second kappa shape index (κ2) is 7.69. The molecule has 126 valence electrons. The van der Waals surface area contributed by atoms with Gasteiger partial charge in [0.2, 0.25) is 5.91 Å². The SMILES string of the molecule is NC(=O)c1ccc(NC2CCN(Cc3ccccc3)CC2)cc1Cl. The van der Waals surface area contributed by atoms with Crippen LogP contribution in [0.25, 0.3) is 0 Å². The van der Waals surface area contributed by atoms with Crippen LogP contribution in [0.2, 0.25) is 5.02 Å². The van der Waals surface area contributed by atoms with Crippen LogP contribution >= 0.6 is 11.6 Å². The zero-order valence-electron chi connectivity index (χ0n) is 13.5. The molecule has 0 atom stereocenters. The number of nitrogens with two attached hydrogens (primary N) is 1. The number of carbonyl (C=O) groups is 1. The quantitative estimate of drug-likeness (QED) is 0.873. The van der Waals surface area contributed by atoms with E-state index < -0.39 is 5.91 Å². The van der Waals surface area contributed by atoms with Crippen LogP contribution in [0.3, 0.4) is 0 Å². The fraction of sp³-hybridized carbons (Fsp3) is 0.316. The molecule has 1 fully saturated rings. The van der Waals surface area contributed by atoms with E-state index in [1.54, 1.807) is 12.1 Å². The van der Waals surface area contributed by atoms with Gasteiger partial charge in [0.25, 0.3) is 0 Å². The van der Waals surface area contributed by atoms with Gasteiger partial charge < -0.3 is 11.1 Å². The molecule has 3 N–H and O–H groups in total. The van der Waals surface area contributed by atoms with Gasteiger partial charge in [0.15, 0.2) is 0 Å². The largest absolute Gasteiger partial charge is 0.382 e. The van der Waals surface area contributed by atoms with Crippen molar-refractivity contribution in [1.82, 2.24) is 4.90 Å². The van der Waals surface area contributed by atoms with E-state index in [4.69, 9.17) is 17.3 Å². The monoisotopic (exact) mass is 343 g/mol. The van der Waals surface area contributed by atoms with E-state index in [9.17, 15) is 4.79 Å². The number of hydrogen-bond acceptors (Lipinski definition) is 3. The molecule has 0 aromatic heterocycles. The number of carbonyl (C=O) groups excluding carboxylic acids is 1. The van der Waals surface area contributed by atoms with Gasteiger partial charge in [-0.1, -0.05) is 41.9 Å². The maximum atomic E-state index is 11.2. The van der Waals surface area contributed by atoms with E-state index in [-0.39, 0.29) is 0 Å². The molecule has 1 amide bonds. The minimum absolute atomic E-state index is 0.361. The summed E-state index contributed by atoms with van der Waals surface area (Å²) in [5.41, 5.74) is 7.93. The van der Waals surface area contributed by atoms with Gasteiger partial charge in [0.1, 0.15) is 0 Å². The summed E-state index contributed by atoms with van der Waals surface area (Å²) in [5, 5.41) is 3.91. The molecule has 0 aliphatic carbocycles. The lowest BCUT2D eigenvalue weighted by Crippen LogP contribution is -2.38. The summed E-state index contributed by atoms with van der Waals surface area (Å²) in [6, 6.07) is 16.3. The van der Waals surface area contributed by atoms with Crippen molar-refractivity contribution < 1.29 is 4.79 Å². The molecule has 1 saturated heterocycles. The highest BCUT2D eigenvalue weighted by Gasteiger charge is 2.19. The molecule has 1 heterocycles. The fourth-order valence-corrected chi connectivity index (χ4v) is 3.39. The molecule has 0 saturated carbocycles. The first-order valence-electron chi connectivity index (χ1n) is 8.24. The van der Waals surface area contributed by atoms with Crippen LogP contribution in [0.4, 0.5) is 5.69 Å². The zero-order valence-corrected chi connectivity index (χ0v) is 14.3. The summed E-state index contributed by atoms with van der Waals surface area (Å²) in [6.07, 6.45) is 2.17. The van der Waals surface area contributed by atoms with Crippen LogP contribution in [0, 0.1) is 0 Å². The van der Waals surface area contributed by atoms with Crippen LogP contribution in [-0.2, 0) is 6.54 Å². The van der Waals surface area contributed by atoms with Crippen LogP contribution in [0.15, 0.2) is 48.5 Å². The minimum atomic E-state index is -0.499. The number of rotatable bonds is 5. The highest BCUT2D eigenvalue weighted by Crippen LogP contribution is 2.23. The van der Waals surface area contributed by atoms with Gasteiger partial charge in [0, 0.05) is 31.4 Å². The number of primary amides is 1. The van der Waals surface area contributed by atoms with E-state index >= 15 is 0 Å². The molecule has 24 heavy (non-hydrogen) atoms. The van der Waals surface area contributed by atoms with E-state index in [0.29, 0.717) is 16.6 Å². The Kier molecular flexibility index (Phi) is 5.38. The van der Waals surface area contributed by atoms with Gasteiger partial charge in [-0.25, -0.2) is 0 Å². The number of anilines is 1. The molecule has 0 unspecified atom stereocenters. The number of hydrogen-bond donors (Lipinski definition) is 2. The van der Waals surface area contributed by atoms with Crippen LogP contribution in [-0.4, -0.2) is 29.9 Å². The minimum Gasteiger partial charge on any atom is -0.382 e. The fourth-order valence-electron chi connectivity index (χ4n) is 3.12. The first-order chi connectivity index (χ1) is 11.6. The third-order valence-electron chi connectivity index (χ3n) is 4.44. The summed E-state index contributed by atoms with van der Waals surface area (Å²) in [4.78, 5) is 13.7. The summed E-state index contributed by atoms with van der Waals surface area (Å²) < 4.78 is 0. The predicted molar refractivity (Wildman–Crippen MR) is 98.3 cm³/mol. The van der Waals surface area contributed by atoms with Gasteiger partial charge >= 0.3 is 0 Å². The average Bonchev–Trinajstić information content (AvgIpc) is 2.57. The van der Waals surface area contributed by atoms with Gasteiger partial charge in [-0.3, -0.25) is 9.69 Å². The molecule has 5 heteroatoms. The lowest BCUT2D eigenvalue weighted by molar-refractivity contribution is 0.100. The lowest BCUT2D eigenvalue weighted by Gasteiger charge is -2.33. The summed E-state index contributed by atoms with van der Waals surface area (Å²) >= 11 is 6.11.